The number of fused-ring (bicyclic) bond motifs is 3. The summed E-state index contributed by atoms with van der Waals surface area (Å²) >= 11 is 3.47. The van der Waals surface area contributed by atoms with Crippen LogP contribution >= 0.6 is 15.9 Å². The van der Waals surface area contributed by atoms with Crippen molar-refractivity contribution >= 4 is 27.8 Å². The highest BCUT2D eigenvalue weighted by molar-refractivity contribution is 9.10. The van der Waals surface area contributed by atoms with Crippen molar-refractivity contribution in [3.05, 3.63) is 21.8 Å². The molecule has 1 aromatic heterocycles. The minimum absolute atomic E-state index is 0.0925. The molecule has 1 saturated heterocycles. The molecular weight excluding hydrogens is 374 g/mol. The number of nitrogens with zero attached hydrogens (tertiary/aromatic N) is 3. The van der Waals surface area contributed by atoms with Gasteiger partial charge in [0.25, 0.3) is 0 Å². The van der Waals surface area contributed by atoms with Crippen LogP contribution in [0.4, 0.5) is 10.6 Å². The van der Waals surface area contributed by atoms with E-state index in [1.165, 1.54) is 0 Å². The lowest BCUT2D eigenvalue weighted by molar-refractivity contribution is 0.0191. The van der Waals surface area contributed by atoms with Gasteiger partial charge in [-0.1, -0.05) is 0 Å². The Labute approximate surface area is 150 Å². The molecule has 3 rings (SSSR count). The maximum Gasteiger partial charge on any atom is 0.410 e. The van der Waals surface area contributed by atoms with E-state index < -0.39 is 5.60 Å². The Kier molecular flexibility index (Phi) is 4.51. The summed E-state index contributed by atoms with van der Waals surface area (Å²) in [4.78, 5) is 21.1. The van der Waals surface area contributed by atoms with Crippen LogP contribution in [0.15, 0.2) is 10.5 Å². The molecule has 0 aromatic carbocycles. The van der Waals surface area contributed by atoms with E-state index in [2.05, 4.69) is 32.7 Å². The van der Waals surface area contributed by atoms with Gasteiger partial charge in [-0.3, -0.25) is 0 Å². The SMILES string of the molecule is C[C@@H]1CN(C(=O)OC(C)(C)C)C[C@H]2Cc3cc(Br)c(CO)nc3N21. The Morgan fingerprint density at radius 3 is 2.79 bits per heavy atom. The van der Waals surface area contributed by atoms with E-state index in [1.807, 2.05) is 26.8 Å². The summed E-state index contributed by atoms with van der Waals surface area (Å²) in [5, 5.41) is 9.45. The molecule has 6 nitrogen and oxygen atoms in total. The standard InChI is InChI=1S/C17H24BrN3O3/c1-10-7-20(16(23)24-17(2,3)4)8-12-5-11-6-13(18)14(9-22)19-15(11)21(10)12/h6,10,12,22H,5,7-9H2,1-4H3/t10-,12-/m1/s1. The summed E-state index contributed by atoms with van der Waals surface area (Å²) in [6, 6.07) is 2.39. The predicted molar refractivity (Wildman–Crippen MR) is 95.1 cm³/mol. The second-order valence-corrected chi connectivity index (χ2v) is 8.41. The quantitative estimate of drug-likeness (QED) is 0.788. The predicted octanol–water partition coefficient (Wildman–Crippen LogP) is 2.71. The molecule has 0 spiro atoms. The Hall–Kier alpha value is -1.34. The zero-order valence-corrected chi connectivity index (χ0v) is 16.1. The van der Waals surface area contributed by atoms with E-state index in [1.54, 1.807) is 4.90 Å². The van der Waals surface area contributed by atoms with Crippen LogP contribution in [0.3, 0.4) is 0 Å². The van der Waals surface area contributed by atoms with Gasteiger partial charge >= 0.3 is 6.09 Å². The number of aromatic nitrogens is 1. The Morgan fingerprint density at radius 2 is 2.17 bits per heavy atom. The summed E-state index contributed by atoms with van der Waals surface area (Å²) < 4.78 is 6.35. The lowest BCUT2D eigenvalue weighted by atomic mass is 10.1. The first-order valence-corrected chi connectivity index (χ1v) is 9.04. The molecular formula is C17H24BrN3O3. The fourth-order valence-electron chi connectivity index (χ4n) is 3.50. The Bertz CT molecular complexity index is 659. The third kappa shape index (κ3) is 3.24. The molecule has 132 valence electrons. The number of hydrogen-bond acceptors (Lipinski definition) is 5. The van der Waals surface area contributed by atoms with Crippen molar-refractivity contribution in [2.24, 2.45) is 0 Å². The van der Waals surface area contributed by atoms with Gasteiger partial charge in [-0.25, -0.2) is 9.78 Å². The molecule has 1 aromatic rings. The molecule has 0 saturated carbocycles. The highest BCUT2D eigenvalue weighted by Gasteiger charge is 2.41. The number of halogens is 1. The molecule has 2 aliphatic rings. The molecule has 1 N–H and O–H groups in total. The summed E-state index contributed by atoms with van der Waals surface area (Å²) in [6.07, 6.45) is 0.589. The first kappa shape index (κ1) is 17.5. The van der Waals surface area contributed by atoms with Crippen LogP contribution < -0.4 is 4.90 Å². The number of amides is 1. The second-order valence-electron chi connectivity index (χ2n) is 7.56. The van der Waals surface area contributed by atoms with Gasteiger partial charge in [-0.15, -0.1) is 0 Å². The normalized spacial score (nSPS) is 23.1. The van der Waals surface area contributed by atoms with E-state index in [-0.39, 0.29) is 24.8 Å². The number of ether oxygens (including phenoxy) is 1. The molecule has 2 atom stereocenters. The van der Waals surface area contributed by atoms with Crippen molar-refractivity contribution in [3.8, 4) is 0 Å². The molecule has 1 amide bonds. The molecule has 3 heterocycles. The number of hydrogen-bond donors (Lipinski definition) is 1. The molecule has 7 heteroatoms. The average Bonchev–Trinajstić information content (AvgIpc) is 2.81. The van der Waals surface area contributed by atoms with Gasteiger partial charge in [0.15, 0.2) is 0 Å². The molecule has 0 bridgehead atoms. The van der Waals surface area contributed by atoms with Crippen molar-refractivity contribution in [1.29, 1.82) is 0 Å². The summed E-state index contributed by atoms with van der Waals surface area (Å²) in [6.45, 7) is 8.89. The zero-order chi connectivity index (χ0) is 17.6. The van der Waals surface area contributed by atoms with Gasteiger partial charge in [0.2, 0.25) is 0 Å². The summed E-state index contributed by atoms with van der Waals surface area (Å²) in [5.41, 5.74) is 1.32. The van der Waals surface area contributed by atoms with E-state index >= 15 is 0 Å². The minimum atomic E-state index is -0.488. The first-order valence-electron chi connectivity index (χ1n) is 8.25. The highest BCUT2D eigenvalue weighted by atomic mass is 79.9. The van der Waals surface area contributed by atoms with Crippen molar-refractivity contribution in [2.45, 2.75) is 58.4 Å². The lowest BCUT2D eigenvalue weighted by Crippen LogP contribution is -2.58. The Balaban J connectivity index is 1.81. The second kappa shape index (κ2) is 6.19. The number of pyridine rings is 1. The third-order valence-electron chi connectivity index (χ3n) is 4.39. The monoisotopic (exact) mass is 397 g/mol. The van der Waals surface area contributed by atoms with Crippen LogP contribution in [0.25, 0.3) is 0 Å². The maximum atomic E-state index is 12.4. The third-order valence-corrected chi connectivity index (χ3v) is 5.08. The van der Waals surface area contributed by atoms with Crippen LogP contribution in [0.1, 0.15) is 39.0 Å². The fourth-order valence-corrected chi connectivity index (χ4v) is 3.99. The fraction of sp³-hybridized carbons (Fsp3) is 0.647. The minimum Gasteiger partial charge on any atom is -0.444 e. The van der Waals surface area contributed by atoms with Gasteiger partial charge in [-0.2, -0.15) is 0 Å². The van der Waals surface area contributed by atoms with Gasteiger partial charge in [0.05, 0.1) is 18.3 Å². The largest absolute Gasteiger partial charge is 0.444 e. The van der Waals surface area contributed by atoms with Crippen molar-refractivity contribution in [1.82, 2.24) is 9.88 Å². The number of piperazine rings is 1. The first-order chi connectivity index (χ1) is 11.2. The Morgan fingerprint density at radius 1 is 1.46 bits per heavy atom. The van der Waals surface area contributed by atoms with Crippen molar-refractivity contribution in [2.75, 3.05) is 18.0 Å². The van der Waals surface area contributed by atoms with Crippen LogP contribution in [0.2, 0.25) is 0 Å². The average molecular weight is 398 g/mol. The van der Waals surface area contributed by atoms with Crippen LogP contribution in [-0.4, -0.2) is 51.9 Å². The van der Waals surface area contributed by atoms with E-state index in [0.29, 0.717) is 18.8 Å². The van der Waals surface area contributed by atoms with Gasteiger partial charge in [0, 0.05) is 23.6 Å². The number of aliphatic hydroxyl groups is 1. The van der Waals surface area contributed by atoms with E-state index in [9.17, 15) is 9.90 Å². The molecule has 24 heavy (non-hydrogen) atoms. The van der Waals surface area contributed by atoms with Gasteiger partial charge in [0.1, 0.15) is 11.4 Å². The highest BCUT2D eigenvalue weighted by Crippen LogP contribution is 2.37. The topological polar surface area (TPSA) is 65.9 Å². The number of anilines is 1. The van der Waals surface area contributed by atoms with E-state index in [0.717, 1.165) is 22.3 Å². The van der Waals surface area contributed by atoms with Gasteiger partial charge in [-0.05, 0) is 61.7 Å². The lowest BCUT2D eigenvalue weighted by Gasteiger charge is -2.43. The molecule has 1 fully saturated rings. The van der Waals surface area contributed by atoms with E-state index in [4.69, 9.17) is 4.74 Å². The van der Waals surface area contributed by atoms with Crippen molar-refractivity contribution < 1.29 is 14.6 Å². The zero-order valence-electron chi connectivity index (χ0n) is 14.5. The van der Waals surface area contributed by atoms with Gasteiger partial charge < -0.3 is 19.6 Å². The summed E-state index contributed by atoms with van der Waals surface area (Å²) in [7, 11) is 0. The summed E-state index contributed by atoms with van der Waals surface area (Å²) in [5.74, 6) is 0.934. The molecule has 0 aliphatic carbocycles. The molecule has 0 radical (unpaired) electrons. The number of carbonyl (C=O) groups excluding carboxylic acids is 1. The smallest absolute Gasteiger partial charge is 0.410 e. The number of aliphatic hydroxyl groups excluding tert-OH is 1. The molecule has 2 aliphatic heterocycles. The van der Waals surface area contributed by atoms with Crippen molar-refractivity contribution in [3.63, 3.8) is 0 Å². The maximum absolute atomic E-state index is 12.4. The number of carbonyl (C=O) groups is 1. The van der Waals surface area contributed by atoms with Crippen LogP contribution in [-0.2, 0) is 17.8 Å². The van der Waals surface area contributed by atoms with Crippen LogP contribution in [0.5, 0.6) is 0 Å². The number of rotatable bonds is 1. The van der Waals surface area contributed by atoms with Crippen LogP contribution in [0, 0.1) is 0 Å². The molecule has 0 unspecified atom stereocenters.